The van der Waals surface area contributed by atoms with Crippen LogP contribution in [-0.4, -0.2) is 119 Å². The SMILES string of the molecule is CC(C)C(=O)Nc1ccc(C(=N)N)c(Cl)c1.CC(C)C(=O)Nc1ccc(C(=N)N)nc1.CC(C)C(=O)Nc1ccc2c(N)n[nH]c2c1.CC(C)C(=O)Nc1ccc2c(N)ncnc2c1.CC(C)C(=O)Nc1ccc2c(N)noc2c1.CC(C)C(=O)Nc1ccc2c(c1)CCNC2.CC(C)C(=O)Nc1ccc2c(c1)CNC2=O.CC1=NCc2cc(C(=N)N)ccc2N1.Cc1cc(NC(=O)C(C)C)ccc1C(=N)N. The molecule has 0 unspecified atom stereocenters. The number of rotatable bonds is 20. The number of amides is 9. The van der Waals surface area contributed by atoms with E-state index in [1.54, 1.807) is 105 Å². The van der Waals surface area contributed by atoms with Crippen LogP contribution in [0.3, 0.4) is 0 Å². The lowest BCUT2D eigenvalue weighted by atomic mass is 10.0. The molecule has 750 valence electrons. The second kappa shape index (κ2) is 53.4. The summed E-state index contributed by atoms with van der Waals surface area (Å²) in [5.41, 5.74) is 55.9. The summed E-state index contributed by atoms with van der Waals surface area (Å²) in [6.07, 6.45) is 3.93. The van der Waals surface area contributed by atoms with E-state index in [2.05, 4.69) is 106 Å². The number of amidine groups is 5. The predicted octanol–water partition coefficient (Wildman–Crippen LogP) is 15.4. The molecule has 0 fully saturated rings. The predicted molar refractivity (Wildman–Crippen MR) is 568 cm³/mol. The maximum absolute atomic E-state index is 11.6. The molecule has 9 amide bonds. The van der Waals surface area contributed by atoms with Gasteiger partial charge in [0.2, 0.25) is 47.3 Å². The standard InChI is InChI=1S/C13H18N2O.C12H14N4O.C12H17N3O.C12H14N2O2.C11H14ClN3O.C11H14N4O.C11H13N3O2.C10H14N4O.C10H12N4/c1-9(2)13(16)15-12-4-3-11-8-14-6-5-10(11)7-12;1-7(2)12(17)16-8-3-4-9-10(5-8)14-6-15-11(9)13;1-7(2)12(16)15-9-4-5-10(11(13)14)8(3)6-9;1-7(2)11(15)14-9-3-4-10-8(5-9)6-13-12(10)16;1-6(2)11(16)15-7-3-4-8(10(13)14)9(12)5-7;1-6(2)11(16)13-7-3-4-8-9(5-7)14-15-10(8)12;1-6(2)11(15)13-7-3-4-8-9(5-7)16-14-10(8)12;1-6(2)10(15)14-7-3-4-8(9(11)12)13-5-7;1-6-13-5-8-4-7(10(11)12)2-3-9(8)14-6/h3-4,7,9,14H,5-6,8H2,1-2H3,(H,15,16);3-7H,1-2H3,(H,16,17)(H2,13,14,15);4-7H,1-3H3,(H3,13,14)(H,15,16);3-5,7H,6H2,1-2H3,(H,13,16)(H,14,15);3-6H,1-2H3,(H3,13,14)(H,15,16);3-6H,1-2H3,(H,13,16)(H3,12,14,15);3-6H,1-2H3,(H2,12,14)(H,13,15);3-6H,1-2H3,(H3,11,12)(H,14,15);2-4H,5H2,1H3,(H3,11,12)(H,13,14). The van der Waals surface area contributed by atoms with E-state index >= 15 is 0 Å². The van der Waals surface area contributed by atoms with Gasteiger partial charge in [-0.3, -0.25) is 79.9 Å². The number of nitrogens with two attached hydrogens (primary N) is 7. The van der Waals surface area contributed by atoms with Gasteiger partial charge in [0.15, 0.2) is 17.2 Å². The number of halogens is 1. The number of carbonyl (C=O) groups is 9. The zero-order valence-electron chi connectivity index (χ0n) is 83.0. The molecule has 4 aromatic heterocycles. The Morgan fingerprint density at radius 3 is 1.36 bits per heavy atom. The molecule has 0 saturated carbocycles. The molecule has 3 aliphatic heterocycles. The van der Waals surface area contributed by atoms with Gasteiger partial charge in [-0.2, -0.15) is 5.10 Å². The molecule has 40 heteroatoms. The van der Waals surface area contributed by atoms with Gasteiger partial charge in [-0.05, 0) is 200 Å². The van der Waals surface area contributed by atoms with Crippen molar-refractivity contribution in [2.75, 3.05) is 71.6 Å². The van der Waals surface area contributed by atoms with Crippen LogP contribution in [0.4, 0.5) is 68.6 Å². The van der Waals surface area contributed by atoms with Gasteiger partial charge in [0.25, 0.3) is 5.91 Å². The Hall–Kier alpha value is -16.6. The fourth-order valence-electron chi connectivity index (χ4n) is 12.4. The van der Waals surface area contributed by atoms with E-state index in [9.17, 15) is 43.2 Å². The third kappa shape index (κ3) is 34.8. The van der Waals surface area contributed by atoms with Crippen molar-refractivity contribution in [1.82, 2.24) is 40.9 Å². The Labute approximate surface area is 829 Å². The Kier molecular flexibility index (Phi) is 42.3. The van der Waals surface area contributed by atoms with E-state index in [0.717, 1.165) is 103 Å². The van der Waals surface area contributed by atoms with Crippen LogP contribution in [-0.2, 0) is 64.4 Å². The molecule has 0 saturated heterocycles. The number of pyridine rings is 1. The van der Waals surface area contributed by atoms with Crippen LogP contribution in [0.25, 0.3) is 32.8 Å². The number of aromatic amines is 1. The number of fused-ring (bicyclic) bond motifs is 6. The molecule has 0 radical (unpaired) electrons. The van der Waals surface area contributed by atoms with Crippen molar-refractivity contribution in [3.05, 3.63) is 231 Å². The highest BCUT2D eigenvalue weighted by Gasteiger charge is 2.22. The molecule has 0 bridgehead atoms. The first-order valence-corrected chi connectivity index (χ1v) is 46.1. The maximum Gasteiger partial charge on any atom is 0.251 e. The number of nitrogens with one attached hydrogen (secondary N) is 16. The first kappa shape index (κ1) is 112. The van der Waals surface area contributed by atoms with Crippen molar-refractivity contribution < 1.29 is 47.7 Å². The van der Waals surface area contributed by atoms with E-state index in [0.29, 0.717) is 86.3 Å². The molecule has 8 aromatic carbocycles. The Bertz CT molecular complexity index is 6410. The minimum absolute atomic E-state index is 0.00756. The molecular weight excluding hydrogens is 1830 g/mol. The number of aromatic nitrogens is 6. The third-order valence-corrected chi connectivity index (χ3v) is 21.3. The number of aliphatic imine (C=N–C) groups is 1. The van der Waals surface area contributed by atoms with Crippen LogP contribution in [0.1, 0.15) is 178 Å². The van der Waals surface area contributed by atoms with Crippen LogP contribution in [0, 0.1) is 75.9 Å². The summed E-state index contributed by atoms with van der Waals surface area (Å²) in [7, 11) is 0. The molecular formula is C102H130ClN29O10. The normalized spacial score (nSPS) is 11.7. The number of aryl methyl sites for hydroxylation is 1. The minimum atomic E-state index is -0.0914. The van der Waals surface area contributed by atoms with Crippen molar-refractivity contribution in [2.24, 2.45) is 75.3 Å². The van der Waals surface area contributed by atoms with Crippen molar-refractivity contribution >= 4 is 195 Å². The number of hydrogen-bond acceptors (Lipinski definition) is 25. The molecule has 7 heterocycles. The van der Waals surface area contributed by atoms with Gasteiger partial charge in [0.05, 0.1) is 45.7 Å². The quantitative estimate of drug-likeness (QED) is 0.0249. The first-order valence-electron chi connectivity index (χ1n) is 45.7. The summed E-state index contributed by atoms with van der Waals surface area (Å²) in [6, 6.07) is 46.7. The van der Waals surface area contributed by atoms with Crippen LogP contribution >= 0.6 is 11.6 Å². The van der Waals surface area contributed by atoms with Crippen LogP contribution < -0.4 is 98.6 Å². The van der Waals surface area contributed by atoms with Gasteiger partial charge in [0, 0.05) is 145 Å². The van der Waals surface area contributed by atoms with Gasteiger partial charge in [-0.15, -0.1) is 0 Å². The van der Waals surface area contributed by atoms with Crippen molar-refractivity contribution in [3.63, 3.8) is 0 Å². The smallest absolute Gasteiger partial charge is 0.251 e. The Morgan fingerprint density at radius 1 is 0.415 bits per heavy atom. The van der Waals surface area contributed by atoms with Gasteiger partial charge < -0.3 is 103 Å². The average Bonchev–Trinajstić information content (AvgIpc) is 1.65. The van der Waals surface area contributed by atoms with Crippen molar-refractivity contribution in [1.29, 1.82) is 21.6 Å². The van der Waals surface area contributed by atoms with E-state index in [-0.39, 0.29) is 124 Å². The highest BCUT2D eigenvalue weighted by atomic mass is 35.5. The molecule has 30 N–H and O–H groups in total. The summed E-state index contributed by atoms with van der Waals surface area (Å²) in [4.78, 5) is 119. The second-order valence-electron chi connectivity index (χ2n) is 35.5. The van der Waals surface area contributed by atoms with Crippen LogP contribution in [0.2, 0.25) is 5.02 Å². The monoisotopic (exact) mass is 1960 g/mol. The lowest BCUT2D eigenvalue weighted by molar-refractivity contribution is -0.119. The Balaban J connectivity index is 0.000000217. The first-order chi connectivity index (χ1) is 67.0. The summed E-state index contributed by atoms with van der Waals surface area (Å²) in [5.74, 6) is 1.56. The lowest BCUT2D eigenvalue weighted by Gasteiger charge is -2.18. The minimum Gasteiger partial charge on any atom is -0.384 e. The number of hydrogen-bond donors (Lipinski definition) is 23. The van der Waals surface area contributed by atoms with E-state index < -0.39 is 0 Å². The number of anilines is 12. The maximum atomic E-state index is 11.6. The molecule has 3 aliphatic rings. The molecule has 0 aliphatic carbocycles. The topological polar surface area (TPSA) is 669 Å². The average molecular weight is 1960 g/mol. The van der Waals surface area contributed by atoms with Gasteiger partial charge >= 0.3 is 0 Å². The molecule has 12 aromatic rings. The van der Waals surface area contributed by atoms with Gasteiger partial charge in [-0.25, -0.2) is 9.97 Å². The number of nitrogen functional groups attached to an aromatic ring is 7. The highest BCUT2D eigenvalue weighted by molar-refractivity contribution is 6.34. The zero-order valence-corrected chi connectivity index (χ0v) is 83.8. The van der Waals surface area contributed by atoms with Gasteiger partial charge in [-0.1, -0.05) is 134 Å². The summed E-state index contributed by atoms with van der Waals surface area (Å²) in [5, 5.41) is 73.7. The zero-order chi connectivity index (χ0) is 105. The molecule has 0 atom stereocenters. The fraction of sp³-hybridized carbons (Fsp3) is 0.304. The van der Waals surface area contributed by atoms with Crippen LogP contribution in [0.15, 0.2) is 180 Å². The molecule has 142 heavy (non-hydrogen) atoms. The van der Waals surface area contributed by atoms with Crippen molar-refractivity contribution in [2.45, 2.75) is 151 Å². The number of carbonyl (C=O) groups excluding carboxylic acids is 9. The van der Waals surface area contributed by atoms with E-state index in [4.69, 9.17) is 77.9 Å². The summed E-state index contributed by atoms with van der Waals surface area (Å²) in [6.45, 7) is 36.4. The van der Waals surface area contributed by atoms with Gasteiger partial charge in [0.1, 0.15) is 41.2 Å². The van der Waals surface area contributed by atoms with Crippen LogP contribution in [0.5, 0.6) is 0 Å². The molecule has 15 rings (SSSR count). The van der Waals surface area contributed by atoms with E-state index in [1.807, 2.05) is 165 Å². The summed E-state index contributed by atoms with van der Waals surface area (Å²) >= 11 is 5.92. The fourth-order valence-corrected chi connectivity index (χ4v) is 12.7. The second-order valence-corrected chi connectivity index (χ2v) is 35.9. The van der Waals surface area contributed by atoms with E-state index in [1.165, 1.54) is 23.7 Å². The molecule has 0 spiro atoms. The Morgan fingerprint density at radius 2 is 0.866 bits per heavy atom. The highest BCUT2D eigenvalue weighted by Crippen LogP contribution is 2.30. The molecule has 39 nitrogen and oxygen atoms in total. The number of benzene rings is 8. The lowest BCUT2D eigenvalue weighted by Crippen LogP contribution is -2.24. The number of nitrogens with zero attached hydrogens (tertiary/aromatic N) is 6. The third-order valence-electron chi connectivity index (χ3n) is 21.0. The number of H-pyrrole nitrogens is 1. The largest absolute Gasteiger partial charge is 0.384 e. The summed E-state index contributed by atoms with van der Waals surface area (Å²) < 4.78 is 5.01. The van der Waals surface area contributed by atoms with Crippen molar-refractivity contribution in [3.8, 4) is 0 Å².